The second kappa shape index (κ2) is 4.95. The maximum Gasteiger partial charge on any atom is 0.248 e. The molecular formula is C12H16N4O2. The number of nitrogens with two attached hydrogens (primary N) is 2. The third-order valence-electron chi connectivity index (χ3n) is 2.72. The number of carbonyl (C=O) groups excluding carboxylic acids is 2. The van der Waals surface area contributed by atoms with Gasteiger partial charge >= 0.3 is 0 Å². The zero-order valence-corrected chi connectivity index (χ0v) is 9.90. The molecule has 96 valence electrons. The van der Waals surface area contributed by atoms with Gasteiger partial charge in [0.25, 0.3) is 0 Å². The standard InChI is InChI=1S/C12H16N4O2/c13-9-5-7(12(14)18)1-4-10(9)15-6-11(17)16-8-2-3-8/h1,4-5,8,15H,2-3,6,13H2,(H2,14,18)(H,16,17). The first kappa shape index (κ1) is 12.2. The summed E-state index contributed by atoms with van der Waals surface area (Å²) >= 11 is 0. The van der Waals surface area contributed by atoms with E-state index in [1.807, 2.05) is 0 Å². The van der Waals surface area contributed by atoms with E-state index < -0.39 is 5.91 Å². The van der Waals surface area contributed by atoms with Crippen LogP contribution in [0.2, 0.25) is 0 Å². The molecule has 6 nitrogen and oxygen atoms in total. The molecule has 0 saturated heterocycles. The normalized spacial score (nSPS) is 14.0. The smallest absolute Gasteiger partial charge is 0.248 e. The molecule has 2 rings (SSSR count). The Labute approximate surface area is 105 Å². The molecule has 0 aliphatic heterocycles. The molecule has 1 aliphatic rings. The highest BCUT2D eigenvalue weighted by molar-refractivity contribution is 5.95. The Morgan fingerprint density at radius 2 is 2.06 bits per heavy atom. The van der Waals surface area contributed by atoms with Crippen molar-refractivity contribution in [2.75, 3.05) is 17.6 Å². The lowest BCUT2D eigenvalue weighted by atomic mass is 10.1. The number of anilines is 2. The fraction of sp³-hybridized carbons (Fsp3) is 0.333. The second-order valence-corrected chi connectivity index (χ2v) is 4.36. The van der Waals surface area contributed by atoms with Crippen LogP contribution in [0.5, 0.6) is 0 Å². The third-order valence-corrected chi connectivity index (χ3v) is 2.72. The zero-order chi connectivity index (χ0) is 13.1. The number of primary amides is 1. The largest absolute Gasteiger partial charge is 0.397 e. The lowest BCUT2D eigenvalue weighted by Gasteiger charge is -2.10. The fourth-order valence-electron chi connectivity index (χ4n) is 1.56. The lowest BCUT2D eigenvalue weighted by Crippen LogP contribution is -2.31. The summed E-state index contributed by atoms with van der Waals surface area (Å²) in [7, 11) is 0. The molecule has 2 amide bonds. The SMILES string of the molecule is NC(=O)c1ccc(NCC(=O)NC2CC2)c(N)c1. The van der Waals surface area contributed by atoms with E-state index in [-0.39, 0.29) is 12.5 Å². The molecule has 0 aromatic heterocycles. The van der Waals surface area contributed by atoms with Crippen LogP contribution in [-0.2, 0) is 4.79 Å². The van der Waals surface area contributed by atoms with Gasteiger partial charge in [0.15, 0.2) is 0 Å². The van der Waals surface area contributed by atoms with E-state index >= 15 is 0 Å². The quantitative estimate of drug-likeness (QED) is 0.552. The van der Waals surface area contributed by atoms with Crippen LogP contribution in [0.25, 0.3) is 0 Å². The molecule has 1 saturated carbocycles. The van der Waals surface area contributed by atoms with Crippen LogP contribution in [0.4, 0.5) is 11.4 Å². The summed E-state index contributed by atoms with van der Waals surface area (Å²) in [5.41, 5.74) is 12.3. The minimum Gasteiger partial charge on any atom is -0.397 e. The number of nitrogen functional groups attached to an aromatic ring is 1. The predicted molar refractivity (Wildman–Crippen MR) is 69.0 cm³/mol. The number of nitrogens with one attached hydrogen (secondary N) is 2. The van der Waals surface area contributed by atoms with Crippen molar-refractivity contribution in [3.05, 3.63) is 23.8 Å². The van der Waals surface area contributed by atoms with Gasteiger partial charge < -0.3 is 22.1 Å². The Bertz CT molecular complexity index is 483. The highest BCUT2D eigenvalue weighted by Gasteiger charge is 2.22. The number of carbonyl (C=O) groups is 2. The molecule has 1 aliphatic carbocycles. The Morgan fingerprint density at radius 3 is 2.61 bits per heavy atom. The van der Waals surface area contributed by atoms with Crippen molar-refractivity contribution in [2.45, 2.75) is 18.9 Å². The molecule has 0 spiro atoms. The van der Waals surface area contributed by atoms with Crippen molar-refractivity contribution in [2.24, 2.45) is 5.73 Å². The minimum absolute atomic E-state index is 0.0594. The first-order valence-electron chi connectivity index (χ1n) is 5.79. The van der Waals surface area contributed by atoms with Gasteiger partial charge in [0.1, 0.15) is 0 Å². The second-order valence-electron chi connectivity index (χ2n) is 4.36. The van der Waals surface area contributed by atoms with Crippen molar-refractivity contribution < 1.29 is 9.59 Å². The molecule has 6 heteroatoms. The van der Waals surface area contributed by atoms with Crippen molar-refractivity contribution in [1.29, 1.82) is 0 Å². The van der Waals surface area contributed by atoms with Crippen LogP contribution < -0.4 is 22.1 Å². The van der Waals surface area contributed by atoms with Gasteiger partial charge in [-0.3, -0.25) is 9.59 Å². The van der Waals surface area contributed by atoms with Crippen molar-refractivity contribution >= 4 is 23.2 Å². The average Bonchev–Trinajstić information content (AvgIpc) is 3.11. The summed E-state index contributed by atoms with van der Waals surface area (Å²) in [6.07, 6.45) is 2.11. The van der Waals surface area contributed by atoms with Crippen LogP contribution >= 0.6 is 0 Å². The first-order valence-corrected chi connectivity index (χ1v) is 5.79. The molecular weight excluding hydrogens is 232 g/mol. The number of hydrogen-bond donors (Lipinski definition) is 4. The highest BCUT2D eigenvalue weighted by Crippen LogP contribution is 2.20. The van der Waals surface area contributed by atoms with Gasteiger partial charge in [0.05, 0.1) is 17.9 Å². The van der Waals surface area contributed by atoms with Gasteiger partial charge in [-0.15, -0.1) is 0 Å². The van der Waals surface area contributed by atoms with Crippen molar-refractivity contribution in [1.82, 2.24) is 5.32 Å². The highest BCUT2D eigenvalue weighted by atomic mass is 16.2. The van der Waals surface area contributed by atoms with E-state index in [1.165, 1.54) is 6.07 Å². The van der Waals surface area contributed by atoms with Crippen molar-refractivity contribution in [3.8, 4) is 0 Å². The van der Waals surface area contributed by atoms with E-state index in [9.17, 15) is 9.59 Å². The van der Waals surface area contributed by atoms with Gasteiger partial charge in [-0.25, -0.2) is 0 Å². The van der Waals surface area contributed by atoms with Gasteiger partial charge in [0.2, 0.25) is 11.8 Å². The Hall–Kier alpha value is -2.24. The number of hydrogen-bond acceptors (Lipinski definition) is 4. The van der Waals surface area contributed by atoms with Crippen LogP contribution in [-0.4, -0.2) is 24.4 Å². The maximum atomic E-state index is 11.5. The molecule has 0 unspecified atom stereocenters. The predicted octanol–water partition coefficient (Wildman–Crippen LogP) is 0.0582. The monoisotopic (exact) mass is 248 g/mol. The van der Waals surface area contributed by atoms with Gasteiger partial charge in [-0.1, -0.05) is 0 Å². The zero-order valence-electron chi connectivity index (χ0n) is 9.90. The minimum atomic E-state index is -0.528. The van der Waals surface area contributed by atoms with Gasteiger partial charge in [0, 0.05) is 11.6 Å². The summed E-state index contributed by atoms with van der Waals surface area (Å²) in [5, 5.41) is 5.78. The molecule has 1 fully saturated rings. The van der Waals surface area contributed by atoms with E-state index in [0.717, 1.165) is 12.8 Å². The Kier molecular flexibility index (Phi) is 3.36. The molecule has 1 aromatic carbocycles. The van der Waals surface area contributed by atoms with E-state index in [0.29, 0.717) is 23.0 Å². The van der Waals surface area contributed by atoms with E-state index in [1.54, 1.807) is 12.1 Å². The number of rotatable bonds is 5. The Morgan fingerprint density at radius 1 is 1.33 bits per heavy atom. The van der Waals surface area contributed by atoms with Gasteiger partial charge in [-0.2, -0.15) is 0 Å². The van der Waals surface area contributed by atoms with E-state index in [4.69, 9.17) is 11.5 Å². The van der Waals surface area contributed by atoms with Crippen molar-refractivity contribution in [3.63, 3.8) is 0 Å². The first-order chi connectivity index (χ1) is 8.56. The molecule has 18 heavy (non-hydrogen) atoms. The van der Waals surface area contributed by atoms with E-state index in [2.05, 4.69) is 10.6 Å². The summed E-state index contributed by atoms with van der Waals surface area (Å²) in [6.45, 7) is 0.163. The molecule has 0 bridgehead atoms. The van der Waals surface area contributed by atoms with Crippen LogP contribution in [0.15, 0.2) is 18.2 Å². The summed E-state index contributed by atoms with van der Waals surface area (Å²) in [6, 6.07) is 5.04. The third kappa shape index (κ3) is 3.13. The summed E-state index contributed by atoms with van der Waals surface area (Å²) < 4.78 is 0. The lowest BCUT2D eigenvalue weighted by molar-refractivity contribution is -0.119. The molecule has 1 aromatic rings. The molecule has 0 atom stereocenters. The van der Waals surface area contributed by atoms with Crippen LogP contribution in [0.3, 0.4) is 0 Å². The van der Waals surface area contributed by atoms with Crippen LogP contribution in [0, 0.1) is 0 Å². The fourth-order valence-corrected chi connectivity index (χ4v) is 1.56. The number of benzene rings is 1. The molecule has 0 heterocycles. The maximum absolute atomic E-state index is 11.5. The molecule has 0 radical (unpaired) electrons. The Balaban J connectivity index is 1.92. The average molecular weight is 248 g/mol. The molecule has 6 N–H and O–H groups in total. The number of amides is 2. The summed E-state index contributed by atoms with van der Waals surface area (Å²) in [4.78, 5) is 22.4. The topological polar surface area (TPSA) is 110 Å². The summed E-state index contributed by atoms with van der Waals surface area (Å²) in [5.74, 6) is -0.587. The van der Waals surface area contributed by atoms with Crippen LogP contribution in [0.1, 0.15) is 23.2 Å². The van der Waals surface area contributed by atoms with Gasteiger partial charge in [-0.05, 0) is 31.0 Å².